The topological polar surface area (TPSA) is 12.9 Å². The molecule has 1 aromatic heterocycles. The van der Waals surface area contributed by atoms with Gasteiger partial charge in [-0.3, -0.25) is 4.98 Å². The van der Waals surface area contributed by atoms with E-state index in [-0.39, 0.29) is 5.69 Å². The first-order valence-corrected chi connectivity index (χ1v) is 2.44. The third-order valence-electron chi connectivity index (χ3n) is 0.888. The zero-order valence-corrected chi connectivity index (χ0v) is 4.68. The van der Waals surface area contributed by atoms with Crippen molar-refractivity contribution in [1.29, 1.82) is 0 Å². The molecular weight excluding hydrogens is 98.1 g/mol. The number of hydrogen-bond donors (Lipinski definition) is 0. The van der Waals surface area contributed by atoms with Crippen LogP contribution in [-0.4, -0.2) is 4.98 Å². The second-order valence-corrected chi connectivity index (χ2v) is 1.66. The Bertz CT molecular complexity index is 254. The van der Waals surface area contributed by atoms with Gasteiger partial charge in [-0.15, -0.1) is 0 Å². The van der Waals surface area contributed by atoms with Crippen molar-refractivity contribution in [3.8, 4) is 0 Å². The Balaban J connectivity index is 3.06. The first kappa shape index (κ1) is 2.62. The van der Waals surface area contributed by atoms with Crippen LogP contribution in [0.15, 0.2) is 18.2 Å². The van der Waals surface area contributed by atoms with Crippen LogP contribution in [0.1, 0.15) is 15.5 Å². The van der Waals surface area contributed by atoms with E-state index >= 15 is 0 Å². The van der Waals surface area contributed by atoms with E-state index in [1.807, 2.05) is 0 Å². The molecule has 0 aliphatic heterocycles. The Morgan fingerprint density at radius 3 is 2.75 bits per heavy atom. The van der Waals surface area contributed by atoms with Gasteiger partial charge < -0.3 is 0 Å². The lowest BCUT2D eigenvalue weighted by Crippen LogP contribution is -1.81. The maximum atomic E-state index is 7.04. The van der Waals surface area contributed by atoms with E-state index in [0.717, 1.165) is 5.69 Å². The van der Waals surface area contributed by atoms with Crippen molar-refractivity contribution in [2.75, 3.05) is 0 Å². The highest BCUT2D eigenvalue weighted by molar-refractivity contribution is 5.07. The Labute approximate surface area is 53.6 Å². The molecule has 0 spiro atoms. The Morgan fingerprint density at radius 1 is 1.50 bits per heavy atom. The van der Waals surface area contributed by atoms with Crippen molar-refractivity contribution in [2.24, 2.45) is 0 Å². The maximum Gasteiger partial charge on any atom is 0.0375 e. The van der Waals surface area contributed by atoms with Crippen molar-refractivity contribution < 1.29 is 4.11 Å². The lowest BCUT2D eigenvalue weighted by molar-refractivity contribution is 1.12. The zero-order valence-electron chi connectivity index (χ0n) is 7.68. The highest BCUT2D eigenvalue weighted by Crippen LogP contribution is 1.93. The fraction of sp³-hybridized carbons (Fsp3) is 0.286. The molecule has 0 aromatic carbocycles. The normalized spacial score (nSPS) is 16.4. The van der Waals surface area contributed by atoms with Crippen LogP contribution >= 0.6 is 0 Å². The summed E-state index contributed by atoms with van der Waals surface area (Å²) in [6.45, 7) is -0.304. The first-order valence-electron chi connectivity index (χ1n) is 3.94. The molecule has 0 aliphatic carbocycles. The number of nitrogens with zero attached hydrogens (tertiary/aromatic N) is 1. The quantitative estimate of drug-likeness (QED) is 0.495. The van der Waals surface area contributed by atoms with E-state index < -0.39 is 6.85 Å². The van der Waals surface area contributed by atoms with Crippen molar-refractivity contribution in [1.82, 2.24) is 4.98 Å². The van der Waals surface area contributed by atoms with Gasteiger partial charge in [0.05, 0.1) is 0 Å². The summed E-state index contributed by atoms with van der Waals surface area (Å²) in [5.74, 6) is 0. The molecule has 0 unspecified atom stereocenters. The first-order chi connectivity index (χ1) is 5.00. The number of rotatable bonds is 0. The minimum absolute atomic E-state index is 0.164. The summed E-state index contributed by atoms with van der Waals surface area (Å²) in [5.41, 5.74) is 0.899. The lowest BCUT2D eigenvalue weighted by Gasteiger charge is -1.90. The SMILES string of the molecule is [2H]C([2H])([2H])c1cccc(C)n1. The van der Waals surface area contributed by atoms with Crippen LogP contribution in [0.2, 0.25) is 0 Å². The molecular formula is C7H9N. The Kier molecular flexibility index (Phi) is 0.639. The average molecular weight is 110 g/mol. The van der Waals surface area contributed by atoms with Gasteiger partial charge in [-0.05, 0) is 25.9 Å². The standard InChI is InChI=1S/C7H9N/c1-6-4-3-5-7(2)8-6/h3-5H,1-2H3/i1D3. The van der Waals surface area contributed by atoms with Crippen LogP contribution in [0.3, 0.4) is 0 Å². The second kappa shape index (κ2) is 1.95. The molecule has 0 aliphatic rings. The molecule has 42 valence electrons. The van der Waals surface area contributed by atoms with Gasteiger partial charge in [-0.2, -0.15) is 0 Å². The van der Waals surface area contributed by atoms with E-state index in [2.05, 4.69) is 4.98 Å². The number of pyridine rings is 1. The summed E-state index contributed by atoms with van der Waals surface area (Å²) in [6.07, 6.45) is 0. The third kappa shape index (κ3) is 1.06. The second-order valence-electron chi connectivity index (χ2n) is 1.66. The fourth-order valence-corrected chi connectivity index (χ4v) is 0.543. The molecule has 0 saturated heterocycles. The van der Waals surface area contributed by atoms with Crippen molar-refractivity contribution in [2.45, 2.75) is 13.8 Å². The number of aryl methyl sites for hydroxylation is 2. The zero-order chi connectivity index (χ0) is 8.48. The van der Waals surface area contributed by atoms with Crippen molar-refractivity contribution in [3.63, 3.8) is 0 Å². The van der Waals surface area contributed by atoms with Gasteiger partial charge in [0.25, 0.3) is 0 Å². The largest absolute Gasteiger partial charge is 0.258 e. The van der Waals surface area contributed by atoms with E-state index in [1.54, 1.807) is 19.1 Å². The lowest BCUT2D eigenvalue weighted by atomic mass is 10.3. The molecule has 0 atom stereocenters. The molecule has 1 heteroatoms. The van der Waals surface area contributed by atoms with Gasteiger partial charge >= 0.3 is 0 Å². The van der Waals surface area contributed by atoms with Gasteiger partial charge in [0.2, 0.25) is 0 Å². The fourth-order valence-electron chi connectivity index (χ4n) is 0.543. The molecule has 1 nitrogen and oxygen atoms in total. The predicted octanol–water partition coefficient (Wildman–Crippen LogP) is 1.70. The summed E-state index contributed by atoms with van der Waals surface area (Å²) < 4.78 is 21.1. The van der Waals surface area contributed by atoms with E-state index in [9.17, 15) is 0 Å². The predicted molar refractivity (Wildman–Crippen MR) is 33.7 cm³/mol. The van der Waals surface area contributed by atoms with Crippen molar-refractivity contribution >= 4 is 0 Å². The monoisotopic (exact) mass is 110 g/mol. The summed E-state index contributed by atoms with van der Waals surface area (Å²) >= 11 is 0. The Hall–Kier alpha value is -0.850. The minimum atomic E-state index is -2.08. The minimum Gasteiger partial charge on any atom is -0.258 e. The van der Waals surface area contributed by atoms with Crippen LogP contribution in [0.4, 0.5) is 0 Å². The summed E-state index contributed by atoms with van der Waals surface area (Å²) in [7, 11) is 0. The maximum absolute atomic E-state index is 7.04. The summed E-state index contributed by atoms with van der Waals surface area (Å²) in [5, 5.41) is 0. The molecule has 0 fully saturated rings. The molecule has 8 heavy (non-hydrogen) atoms. The van der Waals surface area contributed by atoms with Gasteiger partial charge in [0, 0.05) is 15.5 Å². The van der Waals surface area contributed by atoms with E-state index in [1.165, 1.54) is 6.07 Å². The van der Waals surface area contributed by atoms with Crippen LogP contribution < -0.4 is 0 Å². The molecule has 0 radical (unpaired) electrons. The summed E-state index contributed by atoms with van der Waals surface area (Å²) in [4.78, 5) is 3.88. The third-order valence-corrected chi connectivity index (χ3v) is 0.888. The molecule has 1 aromatic rings. The molecule has 0 bridgehead atoms. The average Bonchev–Trinajstić information content (AvgIpc) is 1.86. The van der Waals surface area contributed by atoms with Crippen molar-refractivity contribution in [3.05, 3.63) is 29.6 Å². The van der Waals surface area contributed by atoms with E-state index in [0.29, 0.717) is 0 Å². The number of aromatic nitrogens is 1. The van der Waals surface area contributed by atoms with Gasteiger partial charge in [-0.1, -0.05) is 6.07 Å². The smallest absolute Gasteiger partial charge is 0.0375 e. The molecule has 1 rings (SSSR count). The molecule has 0 N–H and O–H groups in total. The van der Waals surface area contributed by atoms with Crippen LogP contribution in [0.5, 0.6) is 0 Å². The van der Waals surface area contributed by atoms with Gasteiger partial charge in [0.15, 0.2) is 0 Å². The highest BCUT2D eigenvalue weighted by Gasteiger charge is 1.82. The summed E-state index contributed by atoms with van der Waals surface area (Å²) in [6, 6.07) is 4.99. The van der Waals surface area contributed by atoms with Crippen LogP contribution in [0.25, 0.3) is 0 Å². The molecule has 0 amide bonds. The molecule has 1 heterocycles. The number of hydrogen-bond acceptors (Lipinski definition) is 1. The van der Waals surface area contributed by atoms with Crippen LogP contribution in [-0.2, 0) is 0 Å². The Morgan fingerprint density at radius 2 is 2.25 bits per heavy atom. The van der Waals surface area contributed by atoms with Gasteiger partial charge in [-0.25, -0.2) is 0 Å². The van der Waals surface area contributed by atoms with Gasteiger partial charge in [0.1, 0.15) is 0 Å². The highest BCUT2D eigenvalue weighted by atomic mass is 14.7. The van der Waals surface area contributed by atoms with E-state index in [4.69, 9.17) is 4.11 Å². The molecule has 0 saturated carbocycles. The van der Waals surface area contributed by atoms with Crippen LogP contribution in [0, 0.1) is 13.8 Å².